The highest BCUT2D eigenvalue weighted by molar-refractivity contribution is 7.91. The number of carboxylic acid groups (broad SMARTS) is 1. The fourth-order valence-corrected chi connectivity index (χ4v) is 4.39. The first-order chi connectivity index (χ1) is 10.4. The van der Waals surface area contributed by atoms with Gasteiger partial charge in [0.2, 0.25) is 5.91 Å². The highest BCUT2D eigenvalue weighted by Gasteiger charge is 2.29. The molecular formula is C15H19NO5S. The summed E-state index contributed by atoms with van der Waals surface area (Å²) < 4.78 is 22.6. The zero-order chi connectivity index (χ0) is 16.2. The van der Waals surface area contributed by atoms with E-state index in [1.807, 2.05) is 0 Å². The second-order valence-electron chi connectivity index (χ2n) is 5.58. The van der Waals surface area contributed by atoms with Gasteiger partial charge in [-0.1, -0.05) is 12.1 Å². The van der Waals surface area contributed by atoms with Crippen LogP contribution in [0.2, 0.25) is 0 Å². The molecule has 0 bridgehead atoms. The third-order valence-electron chi connectivity index (χ3n) is 3.74. The van der Waals surface area contributed by atoms with Gasteiger partial charge in [-0.15, -0.1) is 0 Å². The predicted molar refractivity (Wildman–Crippen MR) is 81.5 cm³/mol. The molecule has 0 spiro atoms. The average molecular weight is 325 g/mol. The number of sulfone groups is 1. The van der Waals surface area contributed by atoms with E-state index in [0.717, 1.165) is 5.56 Å². The molecule has 2 rings (SSSR count). The van der Waals surface area contributed by atoms with Crippen molar-refractivity contribution in [3.8, 4) is 0 Å². The van der Waals surface area contributed by atoms with E-state index >= 15 is 0 Å². The van der Waals surface area contributed by atoms with E-state index in [-0.39, 0.29) is 35.3 Å². The summed E-state index contributed by atoms with van der Waals surface area (Å²) in [5.74, 6) is -0.881. The van der Waals surface area contributed by atoms with Gasteiger partial charge in [-0.2, -0.15) is 0 Å². The molecule has 0 radical (unpaired) electrons. The van der Waals surface area contributed by atoms with E-state index < -0.39 is 15.8 Å². The number of aromatic carboxylic acids is 1. The molecule has 0 aromatic heterocycles. The summed E-state index contributed by atoms with van der Waals surface area (Å²) in [7, 11) is -2.94. The molecule has 1 aliphatic rings. The molecular weight excluding hydrogens is 306 g/mol. The molecule has 22 heavy (non-hydrogen) atoms. The third-order valence-corrected chi connectivity index (χ3v) is 5.57. The molecule has 1 atom stereocenters. The molecule has 1 saturated heterocycles. The van der Waals surface area contributed by atoms with E-state index in [9.17, 15) is 18.0 Å². The number of carboxylic acids is 1. The summed E-state index contributed by atoms with van der Waals surface area (Å²) in [5.41, 5.74) is 1.17. The van der Waals surface area contributed by atoms with Crippen molar-refractivity contribution in [2.75, 3.05) is 18.1 Å². The second-order valence-corrected chi connectivity index (χ2v) is 7.80. The van der Waals surface area contributed by atoms with Crippen molar-refractivity contribution in [2.24, 2.45) is 5.92 Å². The lowest BCUT2D eigenvalue weighted by atomic mass is 10.0. The standard InChI is InChI=1S/C15H19NO5S/c17-14(9-12-6-8-22(20,21)10-12)16-7-5-11-1-3-13(4-2-11)15(18)19/h1-4,12H,5-10H2,(H,16,17)(H,18,19). The van der Waals surface area contributed by atoms with Crippen LogP contribution in [0.25, 0.3) is 0 Å². The Morgan fingerprint density at radius 3 is 2.45 bits per heavy atom. The zero-order valence-corrected chi connectivity index (χ0v) is 12.9. The molecule has 1 unspecified atom stereocenters. The van der Waals surface area contributed by atoms with E-state index in [4.69, 9.17) is 5.11 Å². The quantitative estimate of drug-likeness (QED) is 0.808. The summed E-state index contributed by atoms with van der Waals surface area (Å²) in [6, 6.07) is 6.50. The number of hydrogen-bond donors (Lipinski definition) is 2. The number of benzene rings is 1. The van der Waals surface area contributed by atoms with Crippen LogP contribution in [0.15, 0.2) is 24.3 Å². The Labute approximate surface area is 129 Å². The Bertz CT molecular complexity index is 651. The van der Waals surface area contributed by atoms with E-state index in [0.29, 0.717) is 19.4 Å². The molecule has 2 N–H and O–H groups in total. The van der Waals surface area contributed by atoms with Crippen LogP contribution in [-0.4, -0.2) is 43.5 Å². The zero-order valence-electron chi connectivity index (χ0n) is 12.1. The highest BCUT2D eigenvalue weighted by atomic mass is 32.2. The lowest BCUT2D eigenvalue weighted by Gasteiger charge is -2.09. The van der Waals surface area contributed by atoms with Crippen molar-refractivity contribution < 1.29 is 23.1 Å². The summed E-state index contributed by atoms with van der Waals surface area (Å²) in [4.78, 5) is 22.5. The Morgan fingerprint density at radius 2 is 1.91 bits per heavy atom. The number of hydrogen-bond acceptors (Lipinski definition) is 4. The molecule has 1 aromatic carbocycles. The van der Waals surface area contributed by atoms with Crippen LogP contribution >= 0.6 is 0 Å². The second kappa shape index (κ2) is 6.91. The number of rotatable bonds is 6. The van der Waals surface area contributed by atoms with Crippen molar-refractivity contribution >= 4 is 21.7 Å². The molecule has 6 nitrogen and oxygen atoms in total. The molecule has 1 fully saturated rings. The SMILES string of the molecule is O=C(CC1CCS(=O)(=O)C1)NCCc1ccc(C(=O)O)cc1. The van der Waals surface area contributed by atoms with Crippen LogP contribution in [0.5, 0.6) is 0 Å². The van der Waals surface area contributed by atoms with Gasteiger partial charge in [0.25, 0.3) is 0 Å². The van der Waals surface area contributed by atoms with Crippen LogP contribution in [0.3, 0.4) is 0 Å². The van der Waals surface area contributed by atoms with Crippen LogP contribution < -0.4 is 5.32 Å². The molecule has 1 aliphatic heterocycles. The number of carbonyl (C=O) groups is 2. The number of amides is 1. The topological polar surface area (TPSA) is 101 Å². The van der Waals surface area contributed by atoms with Gasteiger partial charge < -0.3 is 10.4 Å². The van der Waals surface area contributed by atoms with Crippen molar-refractivity contribution in [1.82, 2.24) is 5.32 Å². The first-order valence-corrected chi connectivity index (χ1v) is 8.97. The molecule has 0 saturated carbocycles. The van der Waals surface area contributed by atoms with Crippen LogP contribution in [0.4, 0.5) is 0 Å². The Kier molecular flexibility index (Phi) is 5.18. The monoisotopic (exact) mass is 325 g/mol. The maximum Gasteiger partial charge on any atom is 0.335 e. The van der Waals surface area contributed by atoms with Gasteiger partial charge in [-0.25, -0.2) is 13.2 Å². The van der Waals surface area contributed by atoms with Crippen molar-refractivity contribution in [3.63, 3.8) is 0 Å². The van der Waals surface area contributed by atoms with Gasteiger partial charge in [0, 0.05) is 13.0 Å². The molecule has 1 amide bonds. The first-order valence-electron chi connectivity index (χ1n) is 7.15. The minimum absolute atomic E-state index is 0.0696. The van der Waals surface area contributed by atoms with Crippen LogP contribution in [0, 0.1) is 5.92 Å². The molecule has 1 aromatic rings. The summed E-state index contributed by atoms with van der Waals surface area (Å²) in [5, 5.41) is 11.6. The minimum atomic E-state index is -2.94. The minimum Gasteiger partial charge on any atom is -0.478 e. The van der Waals surface area contributed by atoms with E-state index in [1.54, 1.807) is 12.1 Å². The Balaban J connectivity index is 1.72. The lowest BCUT2D eigenvalue weighted by Crippen LogP contribution is -2.27. The van der Waals surface area contributed by atoms with E-state index in [2.05, 4.69) is 5.32 Å². The van der Waals surface area contributed by atoms with Gasteiger partial charge >= 0.3 is 5.97 Å². The predicted octanol–water partition coefficient (Wildman–Crippen LogP) is 0.868. The fourth-order valence-electron chi connectivity index (χ4n) is 2.53. The number of carbonyl (C=O) groups excluding carboxylic acids is 1. The highest BCUT2D eigenvalue weighted by Crippen LogP contribution is 2.21. The molecule has 7 heteroatoms. The smallest absolute Gasteiger partial charge is 0.335 e. The van der Waals surface area contributed by atoms with E-state index in [1.165, 1.54) is 12.1 Å². The van der Waals surface area contributed by atoms with Crippen molar-refractivity contribution in [1.29, 1.82) is 0 Å². The number of nitrogens with one attached hydrogen (secondary N) is 1. The average Bonchev–Trinajstić information content (AvgIpc) is 2.78. The van der Waals surface area contributed by atoms with Gasteiger partial charge in [0.05, 0.1) is 17.1 Å². The fraction of sp³-hybridized carbons (Fsp3) is 0.467. The van der Waals surface area contributed by atoms with Gasteiger partial charge in [-0.05, 0) is 36.5 Å². The maximum atomic E-state index is 11.8. The third kappa shape index (κ3) is 4.84. The van der Waals surface area contributed by atoms with Gasteiger partial charge in [0.15, 0.2) is 9.84 Å². The Hall–Kier alpha value is -1.89. The largest absolute Gasteiger partial charge is 0.478 e. The summed E-state index contributed by atoms with van der Waals surface area (Å²) in [6.45, 7) is 0.449. The van der Waals surface area contributed by atoms with Crippen LogP contribution in [0.1, 0.15) is 28.8 Å². The van der Waals surface area contributed by atoms with Crippen molar-refractivity contribution in [2.45, 2.75) is 19.3 Å². The summed E-state index contributed by atoms with van der Waals surface area (Å²) in [6.07, 6.45) is 1.41. The first kappa shape index (κ1) is 16.5. The normalized spacial score (nSPS) is 19.7. The molecule has 1 heterocycles. The van der Waals surface area contributed by atoms with Crippen LogP contribution in [-0.2, 0) is 21.1 Å². The van der Waals surface area contributed by atoms with Gasteiger partial charge in [-0.3, -0.25) is 4.79 Å². The lowest BCUT2D eigenvalue weighted by molar-refractivity contribution is -0.121. The summed E-state index contributed by atoms with van der Waals surface area (Å²) >= 11 is 0. The molecule has 120 valence electrons. The molecule has 0 aliphatic carbocycles. The van der Waals surface area contributed by atoms with Crippen molar-refractivity contribution in [3.05, 3.63) is 35.4 Å². The maximum absolute atomic E-state index is 11.8. The van der Waals surface area contributed by atoms with Gasteiger partial charge in [0.1, 0.15) is 0 Å². The Morgan fingerprint density at radius 1 is 1.23 bits per heavy atom.